The van der Waals surface area contributed by atoms with Gasteiger partial charge in [-0.3, -0.25) is 0 Å². The summed E-state index contributed by atoms with van der Waals surface area (Å²) in [7, 11) is 0. The molecule has 0 amide bonds. The van der Waals surface area contributed by atoms with Crippen molar-refractivity contribution < 1.29 is 0 Å². The molecule has 0 aliphatic carbocycles. The summed E-state index contributed by atoms with van der Waals surface area (Å²) >= 11 is -0.816. The molecule has 3 aliphatic rings. The Morgan fingerprint density at radius 3 is 0.895 bits per heavy atom. The molecule has 0 bridgehead atoms. The molecule has 3 aliphatic heterocycles. The fourth-order valence-corrected chi connectivity index (χ4v) is 9.31. The molecule has 3 fully saturated rings. The Hall–Kier alpha value is 0.399. The number of piperidine rings is 3. The summed E-state index contributed by atoms with van der Waals surface area (Å²) in [6.45, 7) is 8.32. The van der Waals surface area contributed by atoms with Crippen molar-refractivity contribution in [2.45, 2.75) is 57.8 Å². The molecule has 19 heavy (non-hydrogen) atoms. The molecule has 0 N–H and O–H groups in total. The quantitative estimate of drug-likeness (QED) is 0.736. The van der Waals surface area contributed by atoms with Gasteiger partial charge >= 0.3 is 123 Å². The van der Waals surface area contributed by atoms with Crippen molar-refractivity contribution in [3.63, 3.8) is 0 Å². The van der Waals surface area contributed by atoms with E-state index in [9.17, 15) is 0 Å². The first-order valence-corrected chi connectivity index (χ1v) is 10.7. The van der Waals surface area contributed by atoms with Gasteiger partial charge in [0.1, 0.15) is 0 Å². The second-order valence-electron chi connectivity index (χ2n) is 6.21. The topological polar surface area (TPSA) is 9.72 Å². The van der Waals surface area contributed by atoms with Crippen molar-refractivity contribution in [1.82, 2.24) is 11.7 Å². The van der Waals surface area contributed by atoms with Gasteiger partial charge in [0, 0.05) is 0 Å². The summed E-state index contributed by atoms with van der Waals surface area (Å²) in [6.07, 6.45) is 13.1. The molecule has 0 aromatic rings. The van der Waals surface area contributed by atoms with E-state index in [-0.39, 0.29) is 0 Å². The van der Waals surface area contributed by atoms with Crippen LogP contribution in [0.2, 0.25) is 0 Å². The van der Waals surface area contributed by atoms with Crippen LogP contribution in [0, 0.1) is 0 Å². The molecule has 0 saturated carbocycles. The van der Waals surface area contributed by atoms with E-state index in [0.717, 1.165) is 0 Å². The molecule has 0 aromatic carbocycles. The SMILES string of the molecule is C1CCN([Se](N2CCCCC2)N2CCCCC2)CC1. The van der Waals surface area contributed by atoms with Crippen LogP contribution in [0.3, 0.4) is 0 Å². The van der Waals surface area contributed by atoms with Crippen molar-refractivity contribution in [2.24, 2.45) is 0 Å². The van der Waals surface area contributed by atoms with E-state index in [0.29, 0.717) is 0 Å². The maximum atomic E-state index is 2.92. The summed E-state index contributed by atoms with van der Waals surface area (Å²) in [5.74, 6) is 0. The number of hydrogen-bond acceptors (Lipinski definition) is 3. The van der Waals surface area contributed by atoms with Crippen LogP contribution in [0.15, 0.2) is 0 Å². The predicted molar refractivity (Wildman–Crippen MR) is 82.0 cm³/mol. The molecule has 3 saturated heterocycles. The first-order chi connectivity index (χ1) is 9.45. The second-order valence-corrected chi connectivity index (χ2v) is 10.5. The molecular weight excluding hydrogens is 301 g/mol. The van der Waals surface area contributed by atoms with E-state index in [1.165, 1.54) is 97.1 Å². The first kappa shape index (κ1) is 14.3. The molecule has 0 aromatic heterocycles. The zero-order chi connectivity index (χ0) is 12.9. The third-order valence-corrected chi connectivity index (χ3v) is 9.84. The Kier molecular flexibility index (Phi) is 5.60. The van der Waals surface area contributed by atoms with E-state index < -0.39 is 14.6 Å². The maximum absolute atomic E-state index is 2.92. The van der Waals surface area contributed by atoms with Crippen LogP contribution in [0.5, 0.6) is 0 Å². The Morgan fingerprint density at radius 2 is 0.632 bits per heavy atom. The Balaban J connectivity index is 1.68. The van der Waals surface area contributed by atoms with E-state index in [1.54, 1.807) is 0 Å². The first-order valence-electron chi connectivity index (χ1n) is 8.45. The molecule has 3 nitrogen and oxygen atoms in total. The van der Waals surface area contributed by atoms with Crippen molar-refractivity contribution in [3.8, 4) is 0 Å². The van der Waals surface area contributed by atoms with Crippen molar-refractivity contribution >= 4 is 14.6 Å². The van der Waals surface area contributed by atoms with Gasteiger partial charge in [-0.05, 0) is 0 Å². The average Bonchev–Trinajstić information content (AvgIpc) is 2.51. The van der Waals surface area contributed by atoms with Crippen LogP contribution >= 0.6 is 0 Å². The van der Waals surface area contributed by atoms with E-state index >= 15 is 0 Å². The van der Waals surface area contributed by atoms with Gasteiger partial charge in [0.25, 0.3) is 0 Å². The fourth-order valence-electron chi connectivity index (χ4n) is 3.57. The van der Waals surface area contributed by atoms with E-state index in [4.69, 9.17) is 0 Å². The minimum absolute atomic E-state index is 0.816. The van der Waals surface area contributed by atoms with Crippen LogP contribution in [0.25, 0.3) is 0 Å². The van der Waals surface area contributed by atoms with Crippen LogP contribution in [0.1, 0.15) is 57.8 Å². The van der Waals surface area contributed by atoms with Gasteiger partial charge in [0.05, 0.1) is 0 Å². The third kappa shape index (κ3) is 3.73. The average molecular weight is 331 g/mol. The summed E-state index contributed by atoms with van der Waals surface area (Å²) in [5, 5.41) is 0. The van der Waals surface area contributed by atoms with Crippen LogP contribution in [-0.2, 0) is 0 Å². The Bertz CT molecular complexity index is 213. The van der Waals surface area contributed by atoms with Gasteiger partial charge in [-0.2, -0.15) is 0 Å². The summed E-state index contributed by atoms with van der Waals surface area (Å²) in [6, 6.07) is 0. The molecule has 3 heterocycles. The molecule has 0 atom stereocenters. The predicted octanol–water partition coefficient (Wildman–Crippen LogP) is 2.43. The molecule has 0 unspecified atom stereocenters. The van der Waals surface area contributed by atoms with Crippen molar-refractivity contribution in [3.05, 3.63) is 0 Å². The van der Waals surface area contributed by atoms with Gasteiger partial charge in [0.2, 0.25) is 0 Å². The van der Waals surface area contributed by atoms with E-state index in [1.807, 2.05) is 0 Å². The zero-order valence-corrected chi connectivity index (χ0v) is 14.1. The van der Waals surface area contributed by atoms with E-state index in [2.05, 4.69) is 11.7 Å². The molecule has 3 rings (SSSR count). The van der Waals surface area contributed by atoms with Gasteiger partial charge in [-0.15, -0.1) is 0 Å². The van der Waals surface area contributed by atoms with Crippen molar-refractivity contribution in [1.29, 1.82) is 0 Å². The van der Waals surface area contributed by atoms with Crippen LogP contribution < -0.4 is 0 Å². The summed E-state index contributed by atoms with van der Waals surface area (Å²) in [4.78, 5) is 0. The van der Waals surface area contributed by atoms with Crippen molar-refractivity contribution in [2.75, 3.05) is 39.3 Å². The number of rotatable bonds is 3. The normalized spacial score (nSPS) is 28.9. The number of hydrogen-bond donors (Lipinski definition) is 0. The standard InChI is InChI=1S/C15H30N3Se/c1-4-10-16(11-5-1)19(17-12-6-2-7-13-17)18-14-8-3-9-15-18/h1-15H2. The van der Waals surface area contributed by atoms with Gasteiger partial charge < -0.3 is 0 Å². The Morgan fingerprint density at radius 1 is 0.368 bits per heavy atom. The minimum atomic E-state index is -0.816. The van der Waals surface area contributed by atoms with Crippen LogP contribution in [0.4, 0.5) is 0 Å². The summed E-state index contributed by atoms with van der Waals surface area (Å²) in [5.41, 5.74) is 0. The molecular formula is C15H30N3Se. The molecule has 111 valence electrons. The monoisotopic (exact) mass is 332 g/mol. The Labute approximate surface area is 123 Å². The fraction of sp³-hybridized carbons (Fsp3) is 1.00. The molecule has 1 radical (unpaired) electrons. The van der Waals surface area contributed by atoms with Crippen LogP contribution in [-0.4, -0.2) is 65.6 Å². The summed E-state index contributed by atoms with van der Waals surface area (Å²) < 4.78 is 8.75. The second kappa shape index (κ2) is 7.42. The zero-order valence-electron chi connectivity index (χ0n) is 12.4. The van der Waals surface area contributed by atoms with Gasteiger partial charge in [-0.25, -0.2) is 0 Å². The molecule has 4 heteroatoms. The van der Waals surface area contributed by atoms with Gasteiger partial charge in [0.15, 0.2) is 0 Å². The molecule has 0 spiro atoms. The third-order valence-electron chi connectivity index (χ3n) is 4.64. The van der Waals surface area contributed by atoms with Gasteiger partial charge in [-0.1, -0.05) is 0 Å². The number of nitrogens with zero attached hydrogens (tertiary/aromatic N) is 3.